The summed E-state index contributed by atoms with van der Waals surface area (Å²) in [6.45, 7) is 0.777. The van der Waals surface area contributed by atoms with Crippen molar-refractivity contribution < 1.29 is 4.74 Å². The van der Waals surface area contributed by atoms with Crippen molar-refractivity contribution in [3.63, 3.8) is 0 Å². The summed E-state index contributed by atoms with van der Waals surface area (Å²) in [6, 6.07) is 10.4. The molecule has 0 saturated heterocycles. The minimum Gasteiger partial charge on any atom is -0.374 e. The summed E-state index contributed by atoms with van der Waals surface area (Å²) in [7, 11) is 0. The van der Waals surface area contributed by atoms with Gasteiger partial charge in [0.15, 0.2) is 0 Å². The summed E-state index contributed by atoms with van der Waals surface area (Å²) in [6.07, 6.45) is 3.04. The minimum absolute atomic E-state index is 0.523. The highest BCUT2D eigenvalue weighted by Crippen LogP contribution is 2.31. The van der Waals surface area contributed by atoms with Crippen LogP contribution in [0.3, 0.4) is 0 Å². The topological polar surface area (TPSA) is 9.23 Å². The van der Waals surface area contributed by atoms with Crippen molar-refractivity contribution in [1.29, 1.82) is 0 Å². The fraction of sp³-hybridized carbons (Fsp3) is 0.500. The normalized spacial score (nSPS) is 25.8. The Bertz CT molecular complexity index is 267. The number of hydrogen-bond donors (Lipinski definition) is 0. The van der Waals surface area contributed by atoms with Gasteiger partial charge in [0.25, 0.3) is 0 Å². The largest absolute Gasteiger partial charge is 0.374 e. The molecule has 2 heteroatoms. The maximum absolute atomic E-state index is 5.79. The first kappa shape index (κ1) is 10.4. The molecular weight excluding hydrogens is 287 g/mol. The number of rotatable bonds is 4. The molecule has 1 aliphatic rings. The van der Waals surface area contributed by atoms with Gasteiger partial charge in [-0.3, -0.25) is 0 Å². The van der Waals surface area contributed by atoms with Gasteiger partial charge in [-0.2, -0.15) is 0 Å². The summed E-state index contributed by atoms with van der Waals surface area (Å²) >= 11 is 2.46. The van der Waals surface area contributed by atoms with Gasteiger partial charge < -0.3 is 4.74 Å². The number of ether oxygens (including phenoxy) is 1. The molecule has 1 aliphatic carbocycles. The first-order valence-corrected chi connectivity index (χ1v) is 6.62. The predicted octanol–water partition coefficient (Wildman–Crippen LogP) is 3.42. The Morgan fingerprint density at radius 1 is 1.21 bits per heavy atom. The Kier molecular flexibility index (Phi) is 3.81. The lowest BCUT2D eigenvalue weighted by molar-refractivity contribution is -0.0333. The molecule has 76 valence electrons. The molecular formula is C12H15IO. The number of benzene rings is 1. The molecule has 0 bridgehead atoms. The van der Waals surface area contributed by atoms with E-state index in [0.29, 0.717) is 6.10 Å². The van der Waals surface area contributed by atoms with E-state index in [0.717, 1.165) is 12.5 Å². The lowest BCUT2D eigenvalue weighted by Crippen LogP contribution is -2.31. The van der Waals surface area contributed by atoms with E-state index in [9.17, 15) is 0 Å². The molecule has 1 aromatic carbocycles. The molecule has 0 spiro atoms. The van der Waals surface area contributed by atoms with Crippen LogP contribution < -0.4 is 0 Å². The second-order valence-corrected chi connectivity index (χ2v) is 4.79. The lowest BCUT2D eigenvalue weighted by atomic mass is 9.84. The third kappa shape index (κ3) is 2.70. The van der Waals surface area contributed by atoms with Crippen molar-refractivity contribution in [2.75, 3.05) is 4.43 Å². The zero-order chi connectivity index (χ0) is 9.80. The summed E-state index contributed by atoms with van der Waals surface area (Å²) in [5, 5.41) is 0. The van der Waals surface area contributed by atoms with Crippen LogP contribution in [0.15, 0.2) is 30.3 Å². The van der Waals surface area contributed by atoms with Gasteiger partial charge in [0.1, 0.15) is 0 Å². The molecule has 0 aromatic heterocycles. The molecule has 0 radical (unpaired) electrons. The van der Waals surface area contributed by atoms with E-state index in [1.165, 1.54) is 22.8 Å². The molecule has 0 heterocycles. The van der Waals surface area contributed by atoms with Crippen LogP contribution in [0.5, 0.6) is 0 Å². The summed E-state index contributed by atoms with van der Waals surface area (Å²) in [5.41, 5.74) is 1.28. The predicted molar refractivity (Wildman–Crippen MR) is 66.6 cm³/mol. The quantitative estimate of drug-likeness (QED) is 0.612. The molecule has 0 unspecified atom stereocenters. The van der Waals surface area contributed by atoms with Crippen LogP contribution in [0.2, 0.25) is 0 Å². The van der Waals surface area contributed by atoms with Crippen molar-refractivity contribution >= 4 is 22.6 Å². The summed E-state index contributed by atoms with van der Waals surface area (Å²) in [4.78, 5) is 0. The molecule has 2 rings (SSSR count). The zero-order valence-electron chi connectivity index (χ0n) is 8.16. The minimum atomic E-state index is 0.523. The first-order chi connectivity index (χ1) is 6.88. The standard InChI is InChI=1S/C12H15IO/c13-8-11-6-12(7-11)14-9-10-4-2-1-3-5-10/h1-5,11-12H,6-9H2. The Labute approximate surface area is 99.0 Å². The average Bonchev–Trinajstić information content (AvgIpc) is 2.17. The van der Waals surface area contributed by atoms with E-state index in [4.69, 9.17) is 4.74 Å². The van der Waals surface area contributed by atoms with E-state index in [1.54, 1.807) is 0 Å². The SMILES string of the molecule is ICC1CC(OCc2ccccc2)C1. The van der Waals surface area contributed by atoms with E-state index >= 15 is 0 Å². The van der Waals surface area contributed by atoms with Crippen LogP contribution in [0.25, 0.3) is 0 Å². The van der Waals surface area contributed by atoms with Gasteiger partial charge in [0.2, 0.25) is 0 Å². The van der Waals surface area contributed by atoms with Crippen LogP contribution in [0.1, 0.15) is 18.4 Å². The van der Waals surface area contributed by atoms with Gasteiger partial charge in [0, 0.05) is 4.43 Å². The average molecular weight is 302 g/mol. The summed E-state index contributed by atoms with van der Waals surface area (Å²) < 4.78 is 7.07. The van der Waals surface area contributed by atoms with Crippen molar-refractivity contribution in [3.05, 3.63) is 35.9 Å². The van der Waals surface area contributed by atoms with E-state index in [1.807, 2.05) is 6.07 Å². The Hall–Kier alpha value is -0.0900. The lowest BCUT2D eigenvalue weighted by Gasteiger charge is -2.33. The highest BCUT2D eigenvalue weighted by Gasteiger charge is 2.28. The molecule has 14 heavy (non-hydrogen) atoms. The van der Waals surface area contributed by atoms with Gasteiger partial charge in [-0.05, 0) is 24.3 Å². The van der Waals surface area contributed by atoms with Gasteiger partial charge in [0.05, 0.1) is 12.7 Å². The van der Waals surface area contributed by atoms with Gasteiger partial charge >= 0.3 is 0 Å². The Balaban J connectivity index is 1.69. The molecule has 1 fully saturated rings. The highest BCUT2D eigenvalue weighted by atomic mass is 127. The number of halogens is 1. The maximum atomic E-state index is 5.79. The van der Waals surface area contributed by atoms with Gasteiger partial charge in [-0.25, -0.2) is 0 Å². The fourth-order valence-electron chi connectivity index (χ4n) is 1.72. The van der Waals surface area contributed by atoms with Crippen LogP contribution in [-0.4, -0.2) is 10.5 Å². The van der Waals surface area contributed by atoms with Gasteiger partial charge in [-0.1, -0.05) is 52.9 Å². The van der Waals surface area contributed by atoms with E-state index in [2.05, 4.69) is 46.9 Å². The van der Waals surface area contributed by atoms with Crippen LogP contribution in [0.4, 0.5) is 0 Å². The fourth-order valence-corrected chi connectivity index (χ4v) is 2.44. The monoisotopic (exact) mass is 302 g/mol. The Morgan fingerprint density at radius 2 is 1.93 bits per heavy atom. The molecule has 1 saturated carbocycles. The molecule has 1 nitrogen and oxygen atoms in total. The third-order valence-electron chi connectivity index (χ3n) is 2.74. The van der Waals surface area contributed by atoms with Crippen molar-refractivity contribution in [2.24, 2.45) is 5.92 Å². The van der Waals surface area contributed by atoms with Crippen LogP contribution in [-0.2, 0) is 11.3 Å². The smallest absolute Gasteiger partial charge is 0.0720 e. The summed E-state index contributed by atoms with van der Waals surface area (Å²) in [5.74, 6) is 0.913. The molecule has 0 N–H and O–H groups in total. The van der Waals surface area contributed by atoms with Crippen LogP contribution in [0, 0.1) is 5.92 Å². The third-order valence-corrected chi connectivity index (χ3v) is 3.98. The van der Waals surface area contributed by atoms with Crippen LogP contribution >= 0.6 is 22.6 Å². The van der Waals surface area contributed by atoms with Gasteiger partial charge in [-0.15, -0.1) is 0 Å². The number of hydrogen-bond acceptors (Lipinski definition) is 1. The zero-order valence-corrected chi connectivity index (χ0v) is 10.3. The Morgan fingerprint density at radius 3 is 2.57 bits per heavy atom. The number of alkyl halides is 1. The van der Waals surface area contributed by atoms with E-state index in [-0.39, 0.29) is 0 Å². The maximum Gasteiger partial charge on any atom is 0.0720 e. The van der Waals surface area contributed by atoms with E-state index < -0.39 is 0 Å². The highest BCUT2D eigenvalue weighted by molar-refractivity contribution is 14.1. The van der Waals surface area contributed by atoms with Crippen molar-refractivity contribution in [2.45, 2.75) is 25.6 Å². The second-order valence-electron chi connectivity index (χ2n) is 3.91. The van der Waals surface area contributed by atoms with Crippen molar-refractivity contribution in [3.8, 4) is 0 Å². The van der Waals surface area contributed by atoms with Crippen molar-refractivity contribution in [1.82, 2.24) is 0 Å². The molecule has 1 aromatic rings. The first-order valence-electron chi connectivity index (χ1n) is 5.10. The molecule has 0 aliphatic heterocycles. The molecule has 0 amide bonds. The molecule has 0 atom stereocenters. The second kappa shape index (κ2) is 5.12.